The van der Waals surface area contributed by atoms with E-state index < -0.39 is 17.9 Å². The molecule has 0 spiro atoms. The largest absolute Gasteiger partial charge is 0.463 e. The molecule has 0 saturated heterocycles. The molecule has 7 heteroatoms. The Bertz CT molecular complexity index is 1410. The number of aliphatic hydroxyl groups excluding tert-OH is 1. The topological polar surface area (TPSA) is 95.9 Å². The molecule has 1 aliphatic heterocycles. The Hall–Kier alpha value is -4.49. The number of allylic oxidation sites excluding steroid dienone is 2. The number of nitrogens with zero attached hydrogens (tertiary/aromatic N) is 1. The minimum atomic E-state index is -0.676. The van der Waals surface area contributed by atoms with Crippen LogP contribution in [-0.2, 0) is 38.5 Å². The first-order chi connectivity index (χ1) is 21.4. The Kier molecular flexibility index (Phi) is 12.1. The van der Waals surface area contributed by atoms with E-state index in [0.29, 0.717) is 32.2 Å². The zero-order valence-corrected chi connectivity index (χ0v) is 25.1. The summed E-state index contributed by atoms with van der Waals surface area (Å²) in [6, 6.07) is 26.0. The van der Waals surface area contributed by atoms with Crippen molar-refractivity contribution in [3.8, 4) is 0 Å². The molecule has 0 saturated carbocycles. The van der Waals surface area contributed by atoms with Crippen LogP contribution in [0.3, 0.4) is 0 Å². The van der Waals surface area contributed by atoms with Gasteiger partial charge in [0.05, 0.1) is 30.5 Å². The number of hydrogen-bond acceptors (Lipinski definition) is 5. The van der Waals surface area contributed by atoms with Gasteiger partial charge in [-0.3, -0.25) is 14.4 Å². The van der Waals surface area contributed by atoms with Crippen LogP contribution in [0.2, 0.25) is 0 Å². The van der Waals surface area contributed by atoms with E-state index in [1.165, 1.54) is 0 Å². The van der Waals surface area contributed by atoms with Gasteiger partial charge in [0.15, 0.2) is 0 Å². The molecule has 1 heterocycles. The van der Waals surface area contributed by atoms with Crippen molar-refractivity contribution in [1.82, 2.24) is 10.2 Å². The smallest absolute Gasteiger partial charge is 0.309 e. The molecule has 3 aromatic carbocycles. The molecule has 3 aromatic rings. The van der Waals surface area contributed by atoms with E-state index in [1.54, 1.807) is 17.1 Å². The average molecular weight is 595 g/mol. The van der Waals surface area contributed by atoms with E-state index in [-0.39, 0.29) is 43.5 Å². The van der Waals surface area contributed by atoms with Crippen LogP contribution in [0.25, 0.3) is 0 Å². The molecule has 2 N–H and O–H groups in total. The van der Waals surface area contributed by atoms with Crippen LogP contribution in [-0.4, -0.2) is 47.0 Å². The van der Waals surface area contributed by atoms with Gasteiger partial charge in [0.25, 0.3) is 0 Å². The number of ether oxygens (including phenoxy) is 1. The number of esters is 1. The molecular formula is C37H42N2O5. The quantitative estimate of drug-likeness (QED) is 0.183. The van der Waals surface area contributed by atoms with Crippen molar-refractivity contribution in [3.05, 3.63) is 132 Å². The number of amides is 2. The molecule has 4 rings (SSSR count). The standard InChI is InChI=1S/C37H42N2O5/c1-3-13-30(23-35(41)39-24-32-20-12-11-19-29(32)22-33(39)25-40)36(42)38-34(28-17-9-6-10-18-28)26-44-37(43)31(14-4-2)21-27-15-7-5-8-16-27/h3-12,15-20,30-31,33-34,40H,1-2,13-14,21-26H2,(H,38,42)/t30-,31-,33+,34-/m1/s1. The predicted molar refractivity (Wildman–Crippen MR) is 171 cm³/mol. The van der Waals surface area contributed by atoms with Gasteiger partial charge in [0, 0.05) is 13.0 Å². The SMILES string of the molecule is C=CC[C@H](CC(=O)N1Cc2ccccc2C[C@H]1CO)C(=O)N[C@H](COC(=O)[C@H](CC=C)Cc1ccccc1)c1ccccc1. The summed E-state index contributed by atoms with van der Waals surface area (Å²) in [6.07, 6.45) is 5.16. The molecule has 230 valence electrons. The first-order valence-electron chi connectivity index (χ1n) is 15.2. The van der Waals surface area contributed by atoms with Crippen LogP contribution in [0.4, 0.5) is 0 Å². The number of rotatable bonds is 15. The van der Waals surface area contributed by atoms with Crippen molar-refractivity contribution in [3.63, 3.8) is 0 Å². The molecule has 44 heavy (non-hydrogen) atoms. The molecule has 0 bridgehead atoms. The van der Waals surface area contributed by atoms with E-state index in [4.69, 9.17) is 4.74 Å². The molecule has 0 radical (unpaired) electrons. The Morgan fingerprint density at radius 3 is 2.16 bits per heavy atom. The predicted octanol–water partition coefficient (Wildman–Crippen LogP) is 5.35. The summed E-state index contributed by atoms with van der Waals surface area (Å²) >= 11 is 0. The van der Waals surface area contributed by atoms with Gasteiger partial charge in [0.1, 0.15) is 6.61 Å². The van der Waals surface area contributed by atoms with Gasteiger partial charge in [-0.25, -0.2) is 0 Å². The number of hydrogen-bond donors (Lipinski definition) is 2. The molecular weight excluding hydrogens is 552 g/mol. The first-order valence-corrected chi connectivity index (χ1v) is 15.2. The summed E-state index contributed by atoms with van der Waals surface area (Å²) in [5.41, 5.74) is 3.98. The maximum atomic E-state index is 13.7. The lowest BCUT2D eigenvalue weighted by Gasteiger charge is -2.36. The van der Waals surface area contributed by atoms with Crippen molar-refractivity contribution in [2.45, 2.75) is 50.7 Å². The van der Waals surface area contributed by atoms with Crippen molar-refractivity contribution >= 4 is 17.8 Å². The first kappa shape index (κ1) is 32.4. The van der Waals surface area contributed by atoms with E-state index in [9.17, 15) is 19.5 Å². The lowest BCUT2D eigenvalue weighted by molar-refractivity contribution is -0.150. The summed E-state index contributed by atoms with van der Waals surface area (Å²) in [6.45, 7) is 7.79. The van der Waals surface area contributed by atoms with Crippen molar-refractivity contribution < 1.29 is 24.2 Å². The Morgan fingerprint density at radius 1 is 0.886 bits per heavy atom. The van der Waals surface area contributed by atoms with Crippen LogP contribution in [0.15, 0.2) is 110 Å². The molecule has 2 amide bonds. The van der Waals surface area contributed by atoms with Crippen molar-refractivity contribution in [2.24, 2.45) is 11.8 Å². The molecule has 1 aliphatic rings. The highest BCUT2D eigenvalue weighted by atomic mass is 16.5. The van der Waals surface area contributed by atoms with Gasteiger partial charge in [-0.2, -0.15) is 0 Å². The monoisotopic (exact) mass is 594 g/mol. The van der Waals surface area contributed by atoms with E-state index >= 15 is 0 Å². The van der Waals surface area contributed by atoms with Crippen LogP contribution in [0.1, 0.15) is 47.6 Å². The fraction of sp³-hybridized carbons (Fsp3) is 0.324. The summed E-state index contributed by atoms with van der Waals surface area (Å²) in [5.74, 6) is -1.96. The highest BCUT2D eigenvalue weighted by Gasteiger charge is 2.32. The second kappa shape index (κ2) is 16.4. The third-order valence-corrected chi connectivity index (χ3v) is 8.15. The minimum Gasteiger partial charge on any atom is -0.463 e. The van der Waals surface area contributed by atoms with Crippen molar-refractivity contribution in [2.75, 3.05) is 13.2 Å². The van der Waals surface area contributed by atoms with Crippen LogP contribution < -0.4 is 5.32 Å². The van der Waals surface area contributed by atoms with Crippen LogP contribution in [0.5, 0.6) is 0 Å². The Balaban J connectivity index is 1.45. The van der Waals surface area contributed by atoms with Gasteiger partial charge in [-0.1, -0.05) is 97.1 Å². The average Bonchev–Trinajstić information content (AvgIpc) is 3.06. The Labute approximate surface area is 260 Å². The number of nitrogens with one attached hydrogen (secondary N) is 1. The summed E-state index contributed by atoms with van der Waals surface area (Å²) in [7, 11) is 0. The summed E-state index contributed by atoms with van der Waals surface area (Å²) < 4.78 is 5.80. The highest BCUT2D eigenvalue weighted by molar-refractivity contribution is 5.86. The maximum absolute atomic E-state index is 13.7. The summed E-state index contributed by atoms with van der Waals surface area (Å²) in [5, 5.41) is 13.1. The number of benzene rings is 3. The van der Waals surface area contributed by atoms with Gasteiger partial charge in [-0.05, 0) is 47.9 Å². The lowest BCUT2D eigenvalue weighted by Crippen LogP contribution is -2.47. The van der Waals surface area contributed by atoms with Gasteiger partial charge < -0.3 is 20.1 Å². The zero-order valence-electron chi connectivity index (χ0n) is 25.1. The van der Waals surface area contributed by atoms with E-state index in [1.807, 2.05) is 84.9 Å². The van der Waals surface area contributed by atoms with Gasteiger partial charge in [-0.15, -0.1) is 13.2 Å². The second-order valence-electron chi connectivity index (χ2n) is 11.3. The number of fused-ring (bicyclic) bond motifs is 1. The molecule has 0 aromatic heterocycles. The summed E-state index contributed by atoms with van der Waals surface area (Å²) in [4.78, 5) is 42.1. The number of carbonyl (C=O) groups is 3. The van der Waals surface area contributed by atoms with Crippen LogP contribution >= 0.6 is 0 Å². The van der Waals surface area contributed by atoms with E-state index in [2.05, 4.69) is 18.5 Å². The normalized spacial score (nSPS) is 16.1. The number of aliphatic hydroxyl groups is 1. The minimum absolute atomic E-state index is 0.0314. The van der Waals surface area contributed by atoms with Gasteiger partial charge >= 0.3 is 5.97 Å². The van der Waals surface area contributed by atoms with Gasteiger partial charge in [0.2, 0.25) is 11.8 Å². The Morgan fingerprint density at radius 2 is 1.50 bits per heavy atom. The molecule has 0 unspecified atom stereocenters. The van der Waals surface area contributed by atoms with Crippen LogP contribution in [0, 0.1) is 11.8 Å². The van der Waals surface area contributed by atoms with E-state index in [0.717, 1.165) is 22.3 Å². The lowest BCUT2D eigenvalue weighted by atomic mass is 9.92. The third-order valence-electron chi connectivity index (χ3n) is 8.15. The fourth-order valence-electron chi connectivity index (χ4n) is 5.70. The molecule has 7 nitrogen and oxygen atoms in total. The van der Waals surface area contributed by atoms with Crippen molar-refractivity contribution in [1.29, 1.82) is 0 Å². The third kappa shape index (κ3) is 8.77. The number of carbonyl (C=O) groups excluding carboxylic acids is 3. The molecule has 4 atom stereocenters. The fourth-order valence-corrected chi connectivity index (χ4v) is 5.70. The zero-order chi connectivity index (χ0) is 31.3. The molecule has 0 aliphatic carbocycles. The molecule has 0 fully saturated rings. The highest BCUT2D eigenvalue weighted by Crippen LogP contribution is 2.26. The second-order valence-corrected chi connectivity index (χ2v) is 11.3. The maximum Gasteiger partial charge on any atom is 0.309 e.